The van der Waals surface area contributed by atoms with Crippen molar-refractivity contribution in [1.29, 1.82) is 0 Å². The van der Waals surface area contributed by atoms with E-state index >= 15 is 0 Å². The summed E-state index contributed by atoms with van der Waals surface area (Å²) >= 11 is 0. The fourth-order valence-corrected chi connectivity index (χ4v) is 2.61. The Labute approximate surface area is 108 Å². The maximum atomic E-state index is 13.7. The van der Waals surface area contributed by atoms with Gasteiger partial charge in [-0.1, -0.05) is 24.3 Å². The van der Waals surface area contributed by atoms with Crippen LogP contribution in [-0.4, -0.2) is 17.5 Å². The van der Waals surface area contributed by atoms with Gasteiger partial charge in [0.15, 0.2) is 0 Å². The SMILES string of the molecule is CNc1ccc(-c2ccccc2S(C)=O)cc1F. The molecule has 0 amide bonds. The van der Waals surface area contributed by atoms with E-state index in [4.69, 9.17) is 0 Å². The minimum atomic E-state index is -1.09. The third-order valence-electron chi connectivity index (χ3n) is 2.75. The Kier molecular flexibility index (Phi) is 3.77. The number of anilines is 1. The van der Waals surface area contributed by atoms with Gasteiger partial charge in [-0.2, -0.15) is 0 Å². The van der Waals surface area contributed by atoms with Crippen LogP contribution in [0, 0.1) is 5.82 Å². The zero-order valence-electron chi connectivity index (χ0n) is 10.2. The van der Waals surface area contributed by atoms with E-state index < -0.39 is 10.8 Å². The molecule has 0 bridgehead atoms. The largest absolute Gasteiger partial charge is 0.386 e. The maximum Gasteiger partial charge on any atom is 0.146 e. The molecule has 0 spiro atoms. The van der Waals surface area contributed by atoms with Gasteiger partial charge in [0.1, 0.15) is 5.82 Å². The van der Waals surface area contributed by atoms with Crippen LogP contribution in [-0.2, 0) is 10.8 Å². The Morgan fingerprint density at radius 2 is 1.89 bits per heavy atom. The molecule has 0 aliphatic heterocycles. The van der Waals surface area contributed by atoms with E-state index in [1.54, 1.807) is 25.4 Å². The Balaban J connectivity index is 2.55. The molecule has 0 aliphatic rings. The second-order valence-corrected chi connectivity index (χ2v) is 5.24. The van der Waals surface area contributed by atoms with Gasteiger partial charge < -0.3 is 5.32 Å². The van der Waals surface area contributed by atoms with Gasteiger partial charge in [0.05, 0.1) is 16.5 Å². The number of halogens is 1. The highest BCUT2D eigenvalue weighted by Gasteiger charge is 2.09. The first-order chi connectivity index (χ1) is 8.63. The molecular formula is C14H14FNOS. The number of hydrogen-bond donors (Lipinski definition) is 1. The van der Waals surface area contributed by atoms with Crippen molar-refractivity contribution in [3.05, 3.63) is 48.3 Å². The number of nitrogens with one attached hydrogen (secondary N) is 1. The lowest BCUT2D eigenvalue weighted by Gasteiger charge is -2.09. The molecule has 0 radical (unpaired) electrons. The van der Waals surface area contributed by atoms with Crippen LogP contribution in [0.5, 0.6) is 0 Å². The summed E-state index contributed by atoms with van der Waals surface area (Å²) in [7, 11) is 0.581. The molecular weight excluding hydrogens is 249 g/mol. The summed E-state index contributed by atoms with van der Waals surface area (Å²) in [6.07, 6.45) is 1.62. The van der Waals surface area contributed by atoms with Crippen LogP contribution in [0.2, 0.25) is 0 Å². The van der Waals surface area contributed by atoms with Crippen molar-refractivity contribution < 1.29 is 8.60 Å². The molecule has 2 nitrogen and oxygen atoms in total. The first-order valence-electron chi connectivity index (χ1n) is 5.53. The zero-order chi connectivity index (χ0) is 13.1. The third-order valence-corrected chi connectivity index (χ3v) is 3.72. The smallest absolute Gasteiger partial charge is 0.146 e. The van der Waals surface area contributed by atoms with Crippen molar-refractivity contribution in [3.63, 3.8) is 0 Å². The molecule has 2 aromatic rings. The van der Waals surface area contributed by atoms with Gasteiger partial charge in [-0.25, -0.2) is 4.39 Å². The molecule has 0 heterocycles. The second kappa shape index (κ2) is 5.31. The molecule has 0 aromatic heterocycles. The Hall–Kier alpha value is -1.68. The van der Waals surface area contributed by atoms with E-state index in [-0.39, 0.29) is 5.82 Å². The Morgan fingerprint density at radius 3 is 2.50 bits per heavy atom. The van der Waals surface area contributed by atoms with Crippen LogP contribution in [0.15, 0.2) is 47.4 Å². The van der Waals surface area contributed by atoms with Gasteiger partial charge in [-0.3, -0.25) is 4.21 Å². The number of benzene rings is 2. The van der Waals surface area contributed by atoms with Crippen molar-refractivity contribution in [2.45, 2.75) is 4.90 Å². The topological polar surface area (TPSA) is 29.1 Å². The van der Waals surface area contributed by atoms with E-state index in [1.165, 1.54) is 6.07 Å². The average Bonchev–Trinajstić information content (AvgIpc) is 2.38. The third kappa shape index (κ3) is 2.43. The Morgan fingerprint density at radius 1 is 1.17 bits per heavy atom. The van der Waals surface area contributed by atoms with Gasteiger partial charge >= 0.3 is 0 Å². The monoisotopic (exact) mass is 263 g/mol. The van der Waals surface area contributed by atoms with E-state index in [9.17, 15) is 8.60 Å². The van der Waals surface area contributed by atoms with Crippen molar-refractivity contribution in [2.24, 2.45) is 0 Å². The van der Waals surface area contributed by atoms with Gasteiger partial charge in [-0.15, -0.1) is 0 Å². The quantitative estimate of drug-likeness (QED) is 0.920. The van der Waals surface area contributed by atoms with Gasteiger partial charge in [0.25, 0.3) is 0 Å². The highest BCUT2D eigenvalue weighted by atomic mass is 32.2. The van der Waals surface area contributed by atoms with Crippen LogP contribution >= 0.6 is 0 Å². The van der Waals surface area contributed by atoms with Crippen molar-refractivity contribution >= 4 is 16.5 Å². The Bertz CT molecular complexity index is 598. The van der Waals surface area contributed by atoms with E-state index in [1.807, 2.05) is 24.3 Å². The predicted molar refractivity (Wildman–Crippen MR) is 73.7 cm³/mol. The van der Waals surface area contributed by atoms with Gasteiger partial charge in [0.2, 0.25) is 0 Å². The molecule has 0 saturated carbocycles. The van der Waals surface area contributed by atoms with Crippen LogP contribution in [0.4, 0.5) is 10.1 Å². The molecule has 1 atom stereocenters. The summed E-state index contributed by atoms with van der Waals surface area (Å²) in [6, 6.07) is 12.3. The molecule has 18 heavy (non-hydrogen) atoms. The summed E-state index contributed by atoms with van der Waals surface area (Å²) in [6.45, 7) is 0. The molecule has 0 aliphatic carbocycles. The van der Waals surface area contributed by atoms with E-state index in [0.717, 1.165) is 11.1 Å². The van der Waals surface area contributed by atoms with Crippen LogP contribution in [0.25, 0.3) is 11.1 Å². The fourth-order valence-electron chi connectivity index (χ4n) is 1.84. The molecule has 0 saturated heterocycles. The summed E-state index contributed by atoms with van der Waals surface area (Å²) < 4.78 is 25.4. The standard InChI is InChI=1S/C14H14FNOS/c1-16-13-8-7-10(9-12(13)15)11-5-3-4-6-14(11)18(2)17/h3-9,16H,1-2H3. The first kappa shape index (κ1) is 12.8. The highest BCUT2D eigenvalue weighted by molar-refractivity contribution is 7.84. The maximum absolute atomic E-state index is 13.7. The van der Waals surface area contributed by atoms with Gasteiger partial charge in [0, 0.05) is 18.2 Å². The van der Waals surface area contributed by atoms with Crippen LogP contribution in [0.1, 0.15) is 0 Å². The lowest BCUT2D eigenvalue weighted by atomic mass is 10.1. The average molecular weight is 263 g/mol. The summed E-state index contributed by atoms with van der Waals surface area (Å²) in [5.74, 6) is -0.313. The minimum absolute atomic E-state index is 0.313. The summed E-state index contributed by atoms with van der Waals surface area (Å²) in [4.78, 5) is 0.717. The molecule has 94 valence electrons. The fraction of sp³-hybridized carbons (Fsp3) is 0.143. The van der Waals surface area contributed by atoms with Crippen molar-refractivity contribution in [2.75, 3.05) is 18.6 Å². The van der Waals surface area contributed by atoms with Crippen molar-refractivity contribution in [3.8, 4) is 11.1 Å². The van der Waals surface area contributed by atoms with E-state index in [0.29, 0.717) is 10.6 Å². The van der Waals surface area contributed by atoms with Gasteiger partial charge in [-0.05, 0) is 29.3 Å². The number of hydrogen-bond acceptors (Lipinski definition) is 2. The zero-order valence-corrected chi connectivity index (χ0v) is 11.1. The van der Waals surface area contributed by atoms with Crippen LogP contribution < -0.4 is 5.32 Å². The minimum Gasteiger partial charge on any atom is -0.386 e. The second-order valence-electron chi connectivity index (χ2n) is 3.89. The first-order valence-corrected chi connectivity index (χ1v) is 7.09. The van der Waals surface area contributed by atoms with E-state index in [2.05, 4.69) is 5.32 Å². The normalized spacial score (nSPS) is 12.2. The molecule has 1 unspecified atom stereocenters. The molecule has 4 heteroatoms. The molecule has 2 aromatic carbocycles. The summed E-state index contributed by atoms with van der Waals surface area (Å²) in [5, 5.41) is 2.78. The van der Waals surface area contributed by atoms with Crippen molar-refractivity contribution in [1.82, 2.24) is 0 Å². The van der Waals surface area contributed by atoms with Crippen LogP contribution in [0.3, 0.4) is 0 Å². The predicted octanol–water partition coefficient (Wildman–Crippen LogP) is 3.27. The lowest BCUT2D eigenvalue weighted by Crippen LogP contribution is -1.95. The summed E-state index contributed by atoms with van der Waals surface area (Å²) in [5.41, 5.74) is 1.99. The number of rotatable bonds is 3. The molecule has 1 N–H and O–H groups in total. The molecule has 0 fully saturated rings. The lowest BCUT2D eigenvalue weighted by molar-refractivity contribution is 0.632. The highest BCUT2D eigenvalue weighted by Crippen LogP contribution is 2.28. The molecule has 2 rings (SSSR count).